The predicted molar refractivity (Wildman–Crippen MR) is 423 cm³/mol. The highest BCUT2D eigenvalue weighted by Crippen LogP contribution is 2.53. The fourth-order valence-electron chi connectivity index (χ4n) is 15.9. The summed E-state index contributed by atoms with van der Waals surface area (Å²) in [4.78, 5) is 4.31. The molecule has 0 atom stereocenters. The maximum Gasteiger partial charge on any atom is 0.252 e. The topological polar surface area (TPSA) is 73.8 Å². The summed E-state index contributed by atoms with van der Waals surface area (Å²) in [6.07, 6.45) is 0. The summed E-state index contributed by atoms with van der Waals surface area (Å²) in [5, 5.41) is 26.2. The van der Waals surface area contributed by atoms with E-state index < -0.39 is 109 Å². The van der Waals surface area contributed by atoms with Crippen LogP contribution in [0.25, 0.3) is 110 Å². The average Bonchev–Trinajstić information content (AvgIpc) is 1.55. The highest BCUT2D eigenvalue weighted by Gasteiger charge is 2.46. The van der Waals surface area contributed by atoms with Gasteiger partial charge in [-0.05, 0) is 183 Å². The molecule has 0 amide bonds. The number of nitriles is 2. The summed E-state index contributed by atoms with van der Waals surface area (Å²) >= 11 is 0. The van der Waals surface area contributed by atoms with Crippen molar-refractivity contribution in [2.45, 2.75) is 78.6 Å². The van der Waals surface area contributed by atoms with E-state index in [0.717, 1.165) is 66.1 Å². The van der Waals surface area contributed by atoms with Crippen molar-refractivity contribution in [2.75, 3.05) is 9.80 Å². The van der Waals surface area contributed by atoms with Crippen LogP contribution >= 0.6 is 0 Å². The Morgan fingerprint density at radius 1 is 0.307 bits per heavy atom. The number of para-hydroxylation sites is 6. The Hall–Kier alpha value is -12.3. The van der Waals surface area contributed by atoms with E-state index in [-0.39, 0.29) is 65.8 Å². The molecule has 0 fully saturated rings. The Labute approximate surface area is 610 Å². The van der Waals surface area contributed by atoms with Crippen molar-refractivity contribution < 1.29 is 21.9 Å². The molecule has 0 saturated heterocycles. The van der Waals surface area contributed by atoms with Crippen LogP contribution in [0.4, 0.5) is 34.1 Å². The zero-order chi connectivity index (χ0) is 82.6. The molecule has 2 aliphatic rings. The van der Waals surface area contributed by atoms with E-state index >= 15 is 0 Å². The minimum Gasteiger partial charge on any atom is -0.309 e. The van der Waals surface area contributed by atoms with E-state index in [1.807, 2.05) is 109 Å². The van der Waals surface area contributed by atoms with Crippen LogP contribution in [0.1, 0.15) is 112 Å². The Balaban J connectivity index is 1.04. The molecule has 0 aliphatic carbocycles. The molecule has 6 heterocycles. The lowest BCUT2D eigenvalue weighted by Gasteiger charge is -2.45. The van der Waals surface area contributed by atoms with Crippen molar-refractivity contribution in [3.8, 4) is 34.9 Å². The molecule has 13 aromatic carbocycles. The van der Waals surface area contributed by atoms with Gasteiger partial charge in [-0.2, -0.15) is 10.5 Å². The molecule has 0 N–H and O–H groups in total. The molecule has 0 radical (unpaired) electrons. The van der Waals surface area contributed by atoms with Crippen molar-refractivity contribution in [3.63, 3.8) is 0 Å². The second-order valence-corrected chi connectivity index (χ2v) is 29.6. The molecule has 8 nitrogen and oxygen atoms in total. The SMILES string of the molecule is [2H]c1c([2H])c([2H])c2c(c1[2H])c1c([2H])c([2H])c([2H])c([2H])c1n2-c1ccc2c(c1)N(c1cc(C#N)cc3c4cc(C(C)(C)C)ccc4n(-c4ccccc4)c13)c1cc(C(C)(C)C)cc3c1B2c1ccc(-n2c4c([2H])c([2H])c([2H])c([2H])c4c4c([2H])c([2H])c([2H])c([2H])c42)cc1N3c1cc(C#N)cc2c3cc(C(C)(C)C)ccc3n(-c3ccccc3)c12. The standard InChI is InChI=1S/C92H71BN8/c1-90(2,3)58-36-42-79-69(48-58)71-44-56(54-94)46-85(88(71)98(79)61-24-12-10-13-25-61)100-81-52-63(96-75-32-20-16-28-65(75)66-29-17-21-33-76(66)96)38-40-73(81)93-74-41-39-64(97-77-34-22-18-30-67(77)68-31-19-23-35-78(68)97)53-82(74)101(84-51-60(92(7,8)9)50-83(100)87(84)93)86-47-57(55-95)45-72-70-49-59(91(4,5)6)37-43-80(70)99(89(72)86)62-26-14-11-15-27-62/h10-53H,1-9H3/i16D,17D,18D,19D,20D,21D,22D,23D,28D,29D,30D,31D,32D,33D,34D,35D. The first-order valence-corrected chi connectivity index (χ1v) is 33.8. The minimum atomic E-state index is -0.863. The minimum absolute atomic E-state index is 0.102. The molecule has 0 spiro atoms. The third-order valence-corrected chi connectivity index (χ3v) is 20.7. The summed E-state index contributed by atoms with van der Waals surface area (Å²) in [5.41, 5.74) is 12.0. The zero-order valence-corrected chi connectivity index (χ0v) is 56.8. The van der Waals surface area contributed by atoms with Gasteiger partial charge in [0.25, 0.3) is 6.71 Å². The van der Waals surface area contributed by atoms with Crippen LogP contribution in [0.2, 0.25) is 0 Å². The highest BCUT2D eigenvalue weighted by atomic mass is 15.2. The number of fused-ring (bicyclic) bond motifs is 16. The van der Waals surface area contributed by atoms with Crippen LogP contribution in [0, 0.1) is 22.7 Å². The molecule has 0 saturated carbocycles. The zero-order valence-electron chi connectivity index (χ0n) is 72.8. The van der Waals surface area contributed by atoms with Gasteiger partial charge in [-0.3, -0.25) is 0 Å². The molecule has 101 heavy (non-hydrogen) atoms. The fourth-order valence-corrected chi connectivity index (χ4v) is 15.9. The predicted octanol–water partition coefficient (Wildman–Crippen LogP) is 21.8. The van der Waals surface area contributed by atoms with Gasteiger partial charge in [0.15, 0.2) is 0 Å². The lowest BCUT2D eigenvalue weighted by atomic mass is 9.33. The smallest absolute Gasteiger partial charge is 0.252 e. The fraction of sp³-hybridized carbons (Fsp3) is 0.130. The molecule has 19 rings (SSSR count). The Bertz CT molecular complexity index is 6930. The Kier molecular flexibility index (Phi) is 9.69. The number of benzene rings is 13. The summed E-state index contributed by atoms with van der Waals surface area (Å²) < 4.78 is 158. The van der Waals surface area contributed by atoms with Crippen LogP contribution in [0.3, 0.4) is 0 Å². The van der Waals surface area contributed by atoms with Gasteiger partial charge in [0.05, 0.1) is 101 Å². The van der Waals surface area contributed by atoms with Gasteiger partial charge in [0.1, 0.15) is 0 Å². The lowest BCUT2D eigenvalue weighted by Crippen LogP contribution is -2.61. The molecule has 9 heteroatoms. The molecule has 2 aliphatic heterocycles. The lowest BCUT2D eigenvalue weighted by molar-refractivity contribution is 0.590. The summed E-state index contributed by atoms with van der Waals surface area (Å²) in [6, 6.07) is 52.3. The molecule has 17 aromatic rings. The quantitative estimate of drug-likeness (QED) is 0.156. The summed E-state index contributed by atoms with van der Waals surface area (Å²) in [6.45, 7) is 18.4. The molecular weight excluding hydrogens is 1230 g/mol. The third kappa shape index (κ3) is 8.86. The molecule has 482 valence electrons. The molecular formula is C92H71BN8. The molecule has 0 bridgehead atoms. The Morgan fingerprint density at radius 2 is 0.673 bits per heavy atom. The van der Waals surface area contributed by atoms with Crippen LogP contribution in [-0.4, -0.2) is 25.0 Å². The van der Waals surface area contributed by atoms with Crippen LogP contribution in [-0.2, 0) is 16.2 Å². The average molecular weight is 1320 g/mol. The van der Waals surface area contributed by atoms with Crippen LogP contribution in [0.5, 0.6) is 0 Å². The van der Waals surface area contributed by atoms with Gasteiger partial charge in [-0.1, -0.05) is 195 Å². The van der Waals surface area contributed by atoms with Crippen molar-refractivity contribution in [1.29, 1.82) is 10.5 Å². The first-order chi connectivity index (χ1) is 55.6. The highest BCUT2D eigenvalue weighted by molar-refractivity contribution is 7.00. The van der Waals surface area contributed by atoms with Crippen molar-refractivity contribution in [3.05, 3.63) is 294 Å². The first kappa shape index (κ1) is 45.3. The number of rotatable bonds is 6. The number of anilines is 6. The van der Waals surface area contributed by atoms with Gasteiger partial charge in [-0.25, -0.2) is 0 Å². The number of aromatic nitrogens is 4. The van der Waals surface area contributed by atoms with Gasteiger partial charge in [0.2, 0.25) is 0 Å². The van der Waals surface area contributed by atoms with E-state index in [0.29, 0.717) is 67.2 Å². The van der Waals surface area contributed by atoms with E-state index in [2.05, 4.69) is 142 Å². The van der Waals surface area contributed by atoms with Crippen molar-refractivity contribution >= 4 is 144 Å². The number of nitrogens with zero attached hydrogens (tertiary/aromatic N) is 8. The molecule has 4 aromatic heterocycles. The third-order valence-electron chi connectivity index (χ3n) is 20.7. The van der Waals surface area contributed by atoms with E-state index in [9.17, 15) is 27.0 Å². The maximum atomic E-state index is 11.7. The normalized spacial score (nSPS) is 15.3. The molecule has 0 unspecified atom stereocenters. The second kappa shape index (κ2) is 21.6. The van der Waals surface area contributed by atoms with Crippen LogP contribution < -0.4 is 26.2 Å². The summed E-state index contributed by atoms with van der Waals surface area (Å²) in [7, 11) is 0. The monoisotopic (exact) mass is 1310 g/mol. The van der Waals surface area contributed by atoms with Crippen molar-refractivity contribution in [2.24, 2.45) is 0 Å². The van der Waals surface area contributed by atoms with E-state index in [1.165, 1.54) is 9.13 Å². The Morgan fingerprint density at radius 3 is 1.03 bits per heavy atom. The van der Waals surface area contributed by atoms with E-state index in [4.69, 9.17) is 5.48 Å². The number of hydrogen-bond donors (Lipinski definition) is 0. The van der Waals surface area contributed by atoms with Gasteiger partial charge >= 0.3 is 0 Å². The van der Waals surface area contributed by atoms with Gasteiger partial charge in [0, 0.05) is 88.6 Å². The second-order valence-electron chi connectivity index (χ2n) is 29.6. The maximum absolute atomic E-state index is 11.7. The van der Waals surface area contributed by atoms with Gasteiger partial charge < -0.3 is 28.1 Å². The summed E-state index contributed by atoms with van der Waals surface area (Å²) in [5.74, 6) is 0. The van der Waals surface area contributed by atoms with Crippen molar-refractivity contribution in [1.82, 2.24) is 18.3 Å². The van der Waals surface area contributed by atoms with Gasteiger partial charge in [-0.15, -0.1) is 0 Å². The first-order valence-electron chi connectivity index (χ1n) is 41.8. The largest absolute Gasteiger partial charge is 0.309 e. The number of hydrogen-bond acceptors (Lipinski definition) is 4. The van der Waals surface area contributed by atoms with Crippen LogP contribution in [0.15, 0.2) is 267 Å². The van der Waals surface area contributed by atoms with E-state index in [1.54, 1.807) is 12.1 Å².